The Kier molecular flexibility index (Phi) is 5.70. The van der Waals surface area contributed by atoms with Crippen LogP contribution in [0.1, 0.15) is 47.2 Å². The molecule has 2 fully saturated rings. The standard InChI is InChI=1S/C23H23F4N3O2/c1-12-8-15(3-7-19(12)24)29-21(31)13-2-6-20(25)18(9-13)23(26,27)22(32)30-16-4-5-17(30)11-14(28)10-16/h2-3,6-9,14,16-17H,4-5,10-11,28H2,1H3,(H,29,31)/t14?,16-,17+. The fraction of sp³-hybridized carbons (Fsp3) is 0.391. The highest BCUT2D eigenvalue weighted by Gasteiger charge is 2.53. The van der Waals surface area contributed by atoms with Crippen LogP contribution >= 0.6 is 0 Å². The van der Waals surface area contributed by atoms with Gasteiger partial charge in [0.25, 0.3) is 11.8 Å². The average molecular weight is 449 g/mol. The Balaban J connectivity index is 1.59. The van der Waals surface area contributed by atoms with Crippen LogP contribution in [0.25, 0.3) is 0 Å². The highest BCUT2D eigenvalue weighted by molar-refractivity contribution is 6.04. The third-order valence-electron chi connectivity index (χ3n) is 6.26. The Morgan fingerprint density at radius 2 is 1.66 bits per heavy atom. The lowest BCUT2D eigenvalue weighted by atomic mass is 9.95. The number of anilines is 1. The molecule has 3 atom stereocenters. The molecule has 2 aliphatic heterocycles. The van der Waals surface area contributed by atoms with E-state index >= 15 is 8.78 Å². The second kappa shape index (κ2) is 8.20. The first-order valence-corrected chi connectivity index (χ1v) is 10.4. The normalized spacial score (nSPS) is 22.7. The molecule has 9 heteroatoms. The summed E-state index contributed by atoms with van der Waals surface area (Å²) in [5, 5.41) is 2.46. The number of piperidine rings is 1. The summed E-state index contributed by atoms with van der Waals surface area (Å²) < 4.78 is 58.2. The van der Waals surface area contributed by atoms with Crippen molar-refractivity contribution >= 4 is 17.5 Å². The lowest BCUT2D eigenvalue weighted by molar-refractivity contribution is -0.164. The first kappa shape index (κ1) is 22.3. The number of halogens is 4. The summed E-state index contributed by atoms with van der Waals surface area (Å²) in [6.07, 6.45) is 2.03. The molecule has 2 heterocycles. The number of nitrogens with one attached hydrogen (secondary N) is 1. The molecule has 0 spiro atoms. The van der Waals surface area contributed by atoms with Crippen molar-refractivity contribution < 1.29 is 27.2 Å². The van der Waals surface area contributed by atoms with Gasteiger partial charge in [-0.05, 0) is 74.6 Å². The quantitative estimate of drug-likeness (QED) is 0.691. The SMILES string of the molecule is Cc1cc(NC(=O)c2ccc(F)c(C(F)(F)C(=O)N3[C@@H]4CC[C@H]3CC(N)C4)c2)ccc1F. The molecule has 2 aromatic carbocycles. The Morgan fingerprint density at radius 1 is 1.03 bits per heavy atom. The van der Waals surface area contributed by atoms with E-state index in [0.717, 1.165) is 23.1 Å². The van der Waals surface area contributed by atoms with Crippen LogP contribution in [0.5, 0.6) is 0 Å². The van der Waals surface area contributed by atoms with Crippen molar-refractivity contribution in [3.8, 4) is 0 Å². The summed E-state index contributed by atoms with van der Waals surface area (Å²) in [6, 6.07) is 5.41. The highest BCUT2D eigenvalue weighted by atomic mass is 19.3. The van der Waals surface area contributed by atoms with Crippen molar-refractivity contribution in [2.45, 2.75) is 56.7 Å². The molecule has 5 nitrogen and oxygen atoms in total. The number of fused-ring (bicyclic) bond motifs is 2. The fourth-order valence-corrected chi connectivity index (χ4v) is 4.66. The van der Waals surface area contributed by atoms with Crippen LogP contribution < -0.4 is 11.1 Å². The van der Waals surface area contributed by atoms with Gasteiger partial charge < -0.3 is 16.0 Å². The molecule has 170 valence electrons. The number of rotatable bonds is 4. The van der Waals surface area contributed by atoms with Crippen molar-refractivity contribution in [2.24, 2.45) is 5.73 Å². The molecule has 4 rings (SSSR count). The average Bonchev–Trinajstić information content (AvgIpc) is 3.00. The zero-order valence-corrected chi connectivity index (χ0v) is 17.4. The number of nitrogens with zero attached hydrogens (tertiary/aromatic N) is 1. The van der Waals surface area contributed by atoms with Gasteiger partial charge in [0.1, 0.15) is 11.6 Å². The molecule has 0 aliphatic carbocycles. The number of nitrogens with two attached hydrogens (primary N) is 1. The summed E-state index contributed by atoms with van der Waals surface area (Å²) in [5.41, 5.74) is 5.08. The van der Waals surface area contributed by atoms with Crippen LogP contribution in [0.3, 0.4) is 0 Å². The first-order valence-electron chi connectivity index (χ1n) is 10.4. The maximum Gasteiger partial charge on any atom is 0.352 e. The number of amides is 2. The van der Waals surface area contributed by atoms with E-state index in [4.69, 9.17) is 5.73 Å². The van der Waals surface area contributed by atoms with Crippen LogP contribution in [-0.4, -0.2) is 34.8 Å². The van der Waals surface area contributed by atoms with Crippen molar-refractivity contribution in [3.05, 3.63) is 64.7 Å². The summed E-state index contributed by atoms with van der Waals surface area (Å²) >= 11 is 0. The van der Waals surface area contributed by atoms with Gasteiger partial charge in [-0.1, -0.05) is 0 Å². The van der Waals surface area contributed by atoms with Crippen LogP contribution in [0.2, 0.25) is 0 Å². The number of carbonyl (C=O) groups excluding carboxylic acids is 2. The van der Waals surface area contributed by atoms with Crippen molar-refractivity contribution in [2.75, 3.05) is 5.32 Å². The van der Waals surface area contributed by atoms with E-state index in [9.17, 15) is 18.4 Å². The monoisotopic (exact) mass is 449 g/mol. The van der Waals surface area contributed by atoms with E-state index in [-0.39, 0.29) is 22.9 Å². The molecule has 0 aromatic heterocycles. The predicted octanol–water partition coefficient (Wildman–Crippen LogP) is 4.10. The minimum Gasteiger partial charge on any atom is -0.331 e. The van der Waals surface area contributed by atoms with Gasteiger partial charge in [0.15, 0.2) is 0 Å². The molecule has 0 saturated carbocycles. The molecule has 2 saturated heterocycles. The summed E-state index contributed by atoms with van der Waals surface area (Å²) in [5.74, 6) is -8.14. The van der Waals surface area contributed by atoms with Gasteiger partial charge in [0.2, 0.25) is 0 Å². The fourth-order valence-electron chi connectivity index (χ4n) is 4.66. The maximum atomic E-state index is 15.2. The molecular weight excluding hydrogens is 426 g/mol. The van der Waals surface area contributed by atoms with Crippen molar-refractivity contribution in [3.63, 3.8) is 0 Å². The van der Waals surface area contributed by atoms with E-state index in [1.54, 1.807) is 0 Å². The topological polar surface area (TPSA) is 75.4 Å². The van der Waals surface area contributed by atoms with E-state index in [1.165, 1.54) is 19.1 Å². The zero-order valence-electron chi connectivity index (χ0n) is 17.4. The third kappa shape index (κ3) is 3.97. The van der Waals surface area contributed by atoms with Gasteiger partial charge in [-0.15, -0.1) is 0 Å². The Morgan fingerprint density at radius 3 is 2.28 bits per heavy atom. The lowest BCUT2D eigenvalue weighted by Gasteiger charge is -2.39. The summed E-state index contributed by atoms with van der Waals surface area (Å²) in [6.45, 7) is 1.51. The second-order valence-electron chi connectivity index (χ2n) is 8.52. The van der Waals surface area contributed by atoms with Crippen LogP contribution in [0.4, 0.5) is 23.2 Å². The number of alkyl halides is 2. The van der Waals surface area contributed by atoms with Crippen LogP contribution in [-0.2, 0) is 10.7 Å². The third-order valence-corrected chi connectivity index (χ3v) is 6.26. The minimum absolute atomic E-state index is 0.149. The number of carbonyl (C=O) groups is 2. The van der Waals surface area contributed by atoms with E-state index in [2.05, 4.69) is 5.32 Å². The second-order valence-corrected chi connectivity index (χ2v) is 8.52. The molecular formula is C23H23F4N3O2. The molecule has 2 bridgehead atoms. The highest BCUT2D eigenvalue weighted by Crippen LogP contribution is 2.41. The lowest BCUT2D eigenvalue weighted by Crippen LogP contribution is -2.54. The van der Waals surface area contributed by atoms with Crippen molar-refractivity contribution in [1.29, 1.82) is 0 Å². The zero-order chi connectivity index (χ0) is 23.2. The predicted molar refractivity (Wildman–Crippen MR) is 110 cm³/mol. The van der Waals surface area contributed by atoms with Gasteiger partial charge in [-0.25, -0.2) is 8.78 Å². The van der Waals surface area contributed by atoms with Gasteiger partial charge in [0.05, 0.1) is 5.56 Å². The van der Waals surface area contributed by atoms with E-state index in [1.807, 2.05) is 0 Å². The molecule has 1 unspecified atom stereocenters. The van der Waals surface area contributed by atoms with Gasteiger partial charge in [-0.2, -0.15) is 8.78 Å². The van der Waals surface area contributed by atoms with Crippen LogP contribution in [0.15, 0.2) is 36.4 Å². The number of benzene rings is 2. The minimum atomic E-state index is -4.14. The van der Waals surface area contributed by atoms with Gasteiger partial charge in [0, 0.05) is 29.4 Å². The first-order chi connectivity index (χ1) is 15.1. The van der Waals surface area contributed by atoms with E-state index in [0.29, 0.717) is 31.7 Å². The summed E-state index contributed by atoms with van der Waals surface area (Å²) in [4.78, 5) is 26.5. The molecule has 2 aromatic rings. The smallest absolute Gasteiger partial charge is 0.331 e. The molecule has 3 N–H and O–H groups in total. The largest absolute Gasteiger partial charge is 0.352 e. The maximum absolute atomic E-state index is 15.2. The molecule has 2 aliphatic rings. The number of hydrogen-bond acceptors (Lipinski definition) is 3. The Labute approximate surface area is 182 Å². The Hall–Kier alpha value is -2.94. The number of hydrogen-bond donors (Lipinski definition) is 2. The molecule has 32 heavy (non-hydrogen) atoms. The number of aryl methyl sites for hydroxylation is 1. The summed E-state index contributed by atoms with van der Waals surface area (Å²) in [7, 11) is 0. The molecule has 2 amide bonds. The van der Waals surface area contributed by atoms with Crippen LogP contribution in [0, 0.1) is 18.6 Å². The Bertz CT molecular complexity index is 1060. The van der Waals surface area contributed by atoms with Gasteiger partial charge in [-0.3, -0.25) is 9.59 Å². The van der Waals surface area contributed by atoms with Crippen molar-refractivity contribution in [1.82, 2.24) is 4.90 Å². The van der Waals surface area contributed by atoms with E-state index < -0.39 is 47.0 Å². The molecule has 0 radical (unpaired) electrons. The van der Waals surface area contributed by atoms with Gasteiger partial charge >= 0.3 is 5.92 Å².